The third-order valence-corrected chi connectivity index (χ3v) is 5.09. The molecule has 0 saturated carbocycles. The van der Waals surface area contributed by atoms with E-state index in [4.69, 9.17) is 4.74 Å². The third-order valence-electron chi connectivity index (χ3n) is 5.09. The van der Waals surface area contributed by atoms with E-state index in [9.17, 15) is 9.59 Å². The molecule has 32 heavy (non-hydrogen) atoms. The number of aryl methyl sites for hydroxylation is 1. The molecule has 2 amide bonds. The smallest absolute Gasteiger partial charge is 0.252 e. The van der Waals surface area contributed by atoms with Crippen LogP contribution >= 0.6 is 0 Å². The van der Waals surface area contributed by atoms with Crippen LogP contribution in [0, 0.1) is 12.8 Å². The SMILES string of the molecule is Cc1ccccc1C(=O)N[C@@H](CC(C)C)C(=O)Nc1ccc(OCc2ccccc2)cc1. The minimum atomic E-state index is -0.629. The monoisotopic (exact) mass is 430 g/mol. The summed E-state index contributed by atoms with van der Waals surface area (Å²) in [6.45, 7) is 6.42. The standard InChI is InChI=1S/C27H30N2O3/c1-19(2)17-25(29-26(30)24-12-8-7-9-20(24)3)27(31)28-22-13-15-23(16-14-22)32-18-21-10-5-4-6-11-21/h4-16,19,25H,17-18H2,1-3H3,(H,28,31)(H,29,30)/t25-/m0/s1. The average Bonchev–Trinajstić information content (AvgIpc) is 2.79. The van der Waals surface area contributed by atoms with Gasteiger partial charge in [0, 0.05) is 11.3 Å². The molecule has 5 nitrogen and oxygen atoms in total. The lowest BCUT2D eigenvalue weighted by atomic mass is 10.0. The summed E-state index contributed by atoms with van der Waals surface area (Å²) < 4.78 is 5.80. The zero-order chi connectivity index (χ0) is 22.9. The molecular weight excluding hydrogens is 400 g/mol. The van der Waals surface area contributed by atoms with E-state index in [1.54, 1.807) is 18.2 Å². The van der Waals surface area contributed by atoms with Crippen LogP contribution in [-0.2, 0) is 11.4 Å². The van der Waals surface area contributed by atoms with Gasteiger partial charge in [-0.25, -0.2) is 0 Å². The molecule has 0 spiro atoms. The second-order valence-corrected chi connectivity index (χ2v) is 8.26. The van der Waals surface area contributed by atoms with E-state index in [1.165, 1.54) is 0 Å². The summed E-state index contributed by atoms with van der Waals surface area (Å²) in [5.74, 6) is 0.488. The number of carbonyl (C=O) groups excluding carboxylic acids is 2. The molecule has 3 aromatic rings. The Morgan fingerprint density at radius 1 is 0.875 bits per heavy atom. The molecule has 1 atom stereocenters. The molecule has 166 valence electrons. The lowest BCUT2D eigenvalue weighted by Gasteiger charge is -2.21. The van der Waals surface area contributed by atoms with Crippen molar-refractivity contribution >= 4 is 17.5 Å². The highest BCUT2D eigenvalue weighted by Gasteiger charge is 2.23. The van der Waals surface area contributed by atoms with E-state index in [-0.39, 0.29) is 17.7 Å². The van der Waals surface area contributed by atoms with Crippen LogP contribution < -0.4 is 15.4 Å². The van der Waals surface area contributed by atoms with E-state index >= 15 is 0 Å². The Hall–Kier alpha value is -3.60. The average molecular weight is 431 g/mol. The molecule has 0 fully saturated rings. The molecule has 3 rings (SSSR count). The minimum absolute atomic E-state index is 0.237. The van der Waals surface area contributed by atoms with Gasteiger partial charge in [-0.2, -0.15) is 0 Å². The molecule has 0 aliphatic heterocycles. The maximum Gasteiger partial charge on any atom is 0.252 e. The molecule has 0 unspecified atom stereocenters. The second kappa shape index (κ2) is 11.1. The first-order valence-corrected chi connectivity index (χ1v) is 10.9. The Balaban J connectivity index is 1.61. The number of rotatable bonds is 9. The molecule has 0 aliphatic rings. The molecule has 5 heteroatoms. The van der Waals surface area contributed by atoms with E-state index in [1.807, 2.05) is 81.4 Å². The second-order valence-electron chi connectivity index (χ2n) is 8.26. The van der Waals surface area contributed by atoms with Crippen molar-refractivity contribution in [1.82, 2.24) is 5.32 Å². The number of hydrogen-bond acceptors (Lipinski definition) is 3. The first-order valence-electron chi connectivity index (χ1n) is 10.9. The fourth-order valence-electron chi connectivity index (χ4n) is 3.37. The largest absolute Gasteiger partial charge is 0.489 e. The number of amides is 2. The Labute approximate surface area is 189 Å². The summed E-state index contributed by atoms with van der Waals surface area (Å²) in [7, 11) is 0. The number of benzene rings is 3. The molecule has 0 radical (unpaired) electrons. The number of nitrogens with one attached hydrogen (secondary N) is 2. The van der Waals surface area contributed by atoms with Crippen LogP contribution in [0.5, 0.6) is 5.75 Å². The van der Waals surface area contributed by atoms with Gasteiger partial charge in [-0.15, -0.1) is 0 Å². The van der Waals surface area contributed by atoms with Crippen LogP contribution in [-0.4, -0.2) is 17.9 Å². The Bertz CT molecular complexity index is 1030. The van der Waals surface area contributed by atoms with Gasteiger partial charge in [0.2, 0.25) is 5.91 Å². The first-order chi connectivity index (χ1) is 15.4. The normalized spacial score (nSPS) is 11.6. The van der Waals surface area contributed by atoms with Gasteiger partial charge in [0.15, 0.2) is 0 Å². The van der Waals surface area contributed by atoms with Crippen LogP contribution in [0.15, 0.2) is 78.9 Å². The van der Waals surface area contributed by atoms with Crippen molar-refractivity contribution in [2.45, 2.75) is 39.8 Å². The zero-order valence-corrected chi connectivity index (χ0v) is 18.8. The number of anilines is 1. The predicted octanol–water partition coefficient (Wildman–Crippen LogP) is 5.36. The molecule has 0 heterocycles. The third kappa shape index (κ3) is 6.71. The van der Waals surface area contributed by atoms with Crippen LogP contribution in [0.2, 0.25) is 0 Å². The van der Waals surface area contributed by atoms with E-state index < -0.39 is 6.04 Å². The maximum absolute atomic E-state index is 12.9. The molecule has 0 bridgehead atoms. The maximum atomic E-state index is 12.9. The summed E-state index contributed by atoms with van der Waals surface area (Å²) in [5.41, 5.74) is 3.19. The summed E-state index contributed by atoms with van der Waals surface area (Å²) in [5, 5.41) is 5.81. The molecule has 2 N–H and O–H groups in total. The van der Waals surface area contributed by atoms with Gasteiger partial charge >= 0.3 is 0 Å². The van der Waals surface area contributed by atoms with E-state index in [0.717, 1.165) is 16.9 Å². The number of carbonyl (C=O) groups is 2. The number of ether oxygens (including phenoxy) is 1. The first kappa shape index (κ1) is 23.1. The molecule has 0 saturated heterocycles. The molecular formula is C27H30N2O3. The zero-order valence-electron chi connectivity index (χ0n) is 18.8. The lowest BCUT2D eigenvalue weighted by molar-refractivity contribution is -0.118. The Morgan fingerprint density at radius 2 is 1.53 bits per heavy atom. The van der Waals surface area contributed by atoms with E-state index in [0.29, 0.717) is 24.3 Å². The van der Waals surface area contributed by atoms with Crippen molar-refractivity contribution in [2.75, 3.05) is 5.32 Å². The predicted molar refractivity (Wildman–Crippen MR) is 128 cm³/mol. The summed E-state index contributed by atoms with van der Waals surface area (Å²) >= 11 is 0. The highest BCUT2D eigenvalue weighted by atomic mass is 16.5. The Kier molecular flexibility index (Phi) is 8.03. The summed E-state index contributed by atoms with van der Waals surface area (Å²) in [4.78, 5) is 25.7. The van der Waals surface area contributed by atoms with Crippen LogP contribution in [0.25, 0.3) is 0 Å². The fourth-order valence-corrected chi connectivity index (χ4v) is 3.37. The van der Waals surface area contributed by atoms with Crippen molar-refractivity contribution in [1.29, 1.82) is 0 Å². The topological polar surface area (TPSA) is 67.4 Å². The lowest BCUT2D eigenvalue weighted by Crippen LogP contribution is -2.44. The van der Waals surface area contributed by atoms with Gasteiger partial charge in [0.05, 0.1) is 0 Å². The summed E-state index contributed by atoms with van der Waals surface area (Å²) in [6.07, 6.45) is 0.543. The highest BCUT2D eigenvalue weighted by molar-refractivity contribution is 6.01. The van der Waals surface area contributed by atoms with Crippen molar-refractivity contribution in [3.8, 4) is 5.75 Å². The summed E-state index contributed by atoms with van der Waals surface area (Å²) in [6, 6.07) is 23.9. The van der Waals surface area contributed by atoms with Gasteiger partial charge in [-0.05, 0) is 60.7 Å². The van der Waals surface area contributed by atoms with Crippen LogP contribution in [0.1, 0.15) is 41.8 Å². The van der Waals surface area contributed by atoms with Crippen molar-refractivity contribution in [2.24, 2.45) is 5.92 Å². The van der Waals surface area contributed by atoms with Crippen molar-refractivity contribution in [3.63, 3.8) is 0 Å². The molecule has 3 aromatic carbocycles. The van der Waals surface area contributed by atoms with Gasteiger partial charge in [0.25, 0.3) is 5.91 Å². The van der Waals surface area contributed by atoms with Crippen molar-refractivity contribution < 1.29 is 14.3 Å². The van der Waals surface area contributed by atoms with Gasteiger partial charge in [-0.1, -0.05) is 62.4 Å². The fraction of sp³-hybridized carbons (Fsp3) is 0.259. The van der Waals surface area contributed by atoms with Crippen molar-refractivity contribution in [3.05, 3.63) is 95.6 Å². The number of hydrogen-bond donors (Lipinski definition) is 2. The van der Waals surface area contributed by atoms with Crippen LogP contribution in [0.4, 0.5) is 5.69 Å². The molecule has 0 aliphatic carbocycles. The molecule has 0 aromatic heterocycles. The van der Waals surface area contributed by atoms with E-state index in [2.05, 4.69) is 10.6 Å². The van der Waals surface area contributed by atoms with Gasteiger partial charge in [0.1, 0.15) is 18.4 Å². The Morgan fingerprint density at radius 3 is 2.19 bits per heavy atom. The van der Waals surface area contributed by atoms with Crippen LogP contribution in [0.3, 0.4) is 0 Å². The van der Waals surface area contributed by atoms with Gasteiger partial charge < -0.3 is 15.4 Å². The quantitative estimate of drug-likeness (QED) is 0.480. The van der Waals surface area contributed by atoms with Gasteiger partial charge in [-0.3, -0.25) is 9.59 Å². The minimum Gasteiger partial charge on any atom is -0.489 e. The highest BCUT2D eigenvalue weighted by Crippen LogP contribution is 2.18.